The summed E-state index contributed by atoms with van der Waals surface area (Å²) in [5.41, 5.74) is 7.66. The van der Waals surface area contributed by atoms with E-state index in [0.717, 1.165) is 0 Å². The highest BCUT2D eigenvalue weighted by molar-refractivity contribution is 6.32. The molecule has 132 valence electrons. The van der Waals surface area contributed by atoms with E-state index < -0.39 is 5.91 Å². The van der Waals surface area contributed by atoms with Crippen LogP contribution in [0.5, 0.6) is 0 Å². The van der Waals surface area contributed by atoms with Crippen LogP contribution < -0.4 is 11.1 Å². The van der Waals surface area contributed by atoms with Crippen molar-refractivity contribution in [3.63, 3.8) is 0 Å². The number of rotatable bonds is 2. The number of halogens is 1. The van der Waals surface area contributed by atoms with E-state index in [9.17, 15) is 14.4 Å². The van der Waals surface area contributed by atoms with Crippen molar-refractivity contribution in [3.05, 3.63) is 93.5 Å². The minimum absolute atomic E-state index is 0.169. The molecule has 3 aromatic carbocycles. The van der Waals surface area contributed by atoms with Crippen LogP contribution >= 0.6 is 11.6 Å². The normalized spacial score (nSPS) is 12.3. The van der Waals surface area contributed by atoms with Crippen LogP contribution in [0.25, 0.3) is 0 Å². The summed E-state index contributed by atoms with van der Waals surface area (Å²) in [7, 11) is 0. The summed E-state index contributed by atoms with van der Waals surface area (Å²) >= 11 is 5.84. The Morgan fingerprint density at radius 1 is 0.815 bits per heavy atom. The maximum atomic E-state index is 13.0. The number of carbonyl (C=O) groups excluding carboxylic acids is 3. The van der Waals surface area contributed by atoms with Gasteiger partial charge in [-0.3, -0.25) is 14.4 Å². The summed E-state index contributed by atoms with van der Waals surface area (Å²) in [5, 5.41) is 3.23. The van der Waals surface area contributed by atoms with E-state index in [1.54, 1.807) is 60.7 Å². The average Bonchev–Trinajstić information content (AvgIpc) is 2.66. The van der Waals surface area contributed by atoms with E-state index in [0.29, 0.717) is 10.6 Å². The smallest absolute Gasteiger partial charge is 0.255 e. The number of ketones is 2. The standard InChI is InChI=1S/C21H13ClN2O3/c22-12-9-7-11(8-10-12)21(27)24-16-6-2-4-14-18(16)20(26)13-3-1-5-15(23)17(13)19(14)25/h1-10H,23H2,(H,24,27). The largest absolute Gasteiger partial charge is 0.398 e. The molecule has 0 fully saturated rings. The highest BCUT2D eigenvalue weighted by atomic mass is 35.5. The fourth-order valence-electron chi connectivity index (χ4n) is 3.17. The lowest BCUT2D eigenvalue weighted by molar-refractivity contribution is 0.0979. The molecule has 27 heavy (non-hydrogen) atoms. The quantitative estimate of drug-likeness (QED) is 0.518. The fraction of sp³-hybridized carbons (Fsp3) is 0. The van der Waals surface area contributed by atoms with Crippen molar-refractivity contribution in [2.45, 2.75) is 0 Å². The van der Waals surface area contributed by atoms with Gasteiger partial charge in [-0.15, -0.1) is 0 Å². The Bertz CT molecular complexity index is 1120. The van der Waals surface area contributed by atoms with E-state index in [1.165, 1.54) is 0 Å². The minimum Gasteiger partial charge on any atom is -0.398 e. The first kappa shape index (κ1) is 17.0. The Labute approximate surface area is 159 Å². The predicted molar refractivity (Wildman–Crippen MR) is 104 cm³/mol. The molecule has 0 saturated carbocycles. The summed E-state index contributed by atoms with van der Waals surface area (Å²) in [5.74, 6) is -1.09. The van der Waals surface area contributed by atoms with Gasteiger partial charge in [0.1, 0.15) is 0 Å². The zero-order chi connectivity index (χ0) is 19.1. The summed E-state index contributed by atoms with van der Waals surface area (Å²) < 4.78 is 0. The second kappa shape index (κ2) is 6.37. The second-order valence-electron chi connectivity index (χ2n) is 6.12. The van der Waals surface area contributed by atoms with E-state index >= 15 is 0 Å². The molecular weight excluding hydrogens is 364 g/mol. The fourth-order valence-corrected chi connectivity index (χ4v) is 3.29. The molecular formula is C21H13ClN2O3. The van der Waals surface area contributed by atoms with Gasteiger partial charge in [0.05, 0.1) is 16.8 Å². The number of benzene rings is 3. The first-order valence-corrected chi connectivity index (χ1v) is 8.53. The molecule has 0 aromatic heterocycles. The molecule has 3 N–H and O–H groups in total. The molecule has 1 amide bonds. The van der Waals surface area contributed by atoms with Crippen LogP contribution in [0.15, 0.2) is 60.7 Å². The molecule has 0 heterocycles. The number of fused-ring (bicyclic) bond motifs is 2. The average molecular weight is 377 g/mol. The topological polar surface area (TPSA) is 89.3 Å². The third kappa shape index (κ3) is 2.78. The second-order valence-corrected chi connectivity index (χ2v) is 6.55. The van der Waals surface area contributed by atoms with E-state index in [2.05, 4.69) is 5.32 Å². The maximum absolute atomic E-state index is 13.0. The highest BCUT2D eigenvalue weighted by Gasteiger charge is 2.33. The number of hydrogen-bond acceptors (Lipinski definition) is 4. The van der Waals surface area contributed by atoms with Gasteiger partial charge in [0.15, 0.2) is 11.6 Å². The molecule has 5 nitrogen and oxygen atoms in total. The van der Waals surface area contributed by atoms with E-state index in [1.807, 2.05) is 0 Å². The van der Waals surface area contributed by atoms with Crippen molar-refractivity contribution in [2.24, 2.45) is 0 Å². The van der Waals surface area contributed by atoms with Crippen molar-refractivity contribution in [2.75, 3.05) is 11.1 Å². The van der Waals surface area contributed by atoms with Crippen LogP contribution in [-0.2, 0) is 0 Å². The molecule has 0 saturated heterocycles. The van der Waals surface area contributed by atoms with E-state index in [-0.39, 0.29) is 45.2 Å². The minimum atomic E-state index is -0.404. The van der Waals surface area contributed by atoms with Gasteiger partial charge in [-0.2, -0.15) is 0 Å². The van der Waals surface area contributed by atoms with Gasteiger partial charge < -0.3 is 11.1 Å². The lowest BCUT2D eigenvalue weighted by atomic mass is 9.82. The first-order chi connectivity index (χ1) is 13.0. The van der Waals surface area contributed by atoms with Crippen molar-refractivity contribution in [3.8, 4) is 0 Å². The number of amides is 1. The Kier molecular flexibility index (Phi) is 4.01. The van der Waals surface area contributed by atoms with Crippen molar-refractivity contribution in [1.82, 2.24) is 0 Å². The van der Waals surface area contributed by atoms with Crippen molar-refractivity contribution in [1.29, 1.82) is 0 Å². The Balaban J connectivity index is 1.78. The van der Waals surface area contributed by atoms with Gasteiger partial charge in [-0.05, 0) is 36.4 Å². The molecule has 1 aliphatic carbocycles. The van der Waals surface area contributed by atoms with Crippen molar-refractivity contribution >= 4 is 40.4 Å². The first-order valence-electron chi connectivity index (χ1n) is 8.15. The van der Waals surface area contributed by atoms with Gasteiger partial charge in [-0.1, -0.05) is 35.9 Å². The van der Waals surface area contributed by atoms with Crippen LogP contribution in [0.4, 0.5) is 11.4 Å². The SMILES string of the molecule is Nc1cccc2c1C(=O)c1cccc(NC(=O)c3ccc(Cl)cc3)c1C2=O. The number of nitrogens with one attached hydrogen (secondary N) is 1. The number of nitrogen functional groups attached to an aromatic ring is 1. The third-order valence-electron chi connectivity index (χ3n) is 4.46. The Morgan fingerprint density at radius 3 is 2.11 bits per heavy atom. The molecule has 1 aliphatic rings. The molecule has 0 atom stereocenters. The van der Waals surface area contributed by atoms with Crippen LogP contribution in [-0.4, -0.2) is 17.5 Å². The van der Waals surface area contributed by atoms with Crippen LogP contribution in [0.1, 0.15) is 42.2 Å². The maximum Gasteiger partial charge on any atom is 0.255 e. The van der Waals surface area contributed by atoms with E-state index in [4.69, 9.17) is 17.3 Å². The number of nitrogens with two attached hydrogens (primary N) is 1. The molecule has 0 bridgehead atoms. The number of anilines is 2. The van der Waals surface area contributed by atoms with Gasteiger partial charge in [0.25, 0.3) is 5.91 Å². The predicted octanol–water partition coefficient (Wildman–Crippen LogP) is 3.95. The molecule has 0 spiro atoms. The molecule has 4 rings (SSSR count). The summed E-state index contributed by atoms with van der Waals surface area (Å²) in [6.45, 7) is 0. The Morgan fingerprint density at radius 2 is 1.41 bits per heavy atom. The third-order valence-corrected chi connectivity index (χ3v) is 4.71. The summed E-state index contributed by atoms with van der Waals surface area (Å²) in [6, 6.07) is 15.9. The Hall–Kier alpha value is -3.44. The number of hydrogen-bond donors (Lipinski definition) is 2. The molecule has 0 radical (unpaired) electrons. The van der Waals surface area contributed by atoms with Crippen LogP contribution in [0, 0.1) is 0 Å². The lowest BCUT2D eigenvalue weighted by Gasteiger charge is -2.21. The zero-order valence-corrected chi connectivity index (χ0v) is 14.7. The lowest BCUT2D eigenvalue weighted by Crippen LogP contribution is -2.25. The number of carbonyl (C=O) groups is 3. The van der Waals surface area contributed by atoms with Crippen molar-refractivity contribution < 1.29 is 14.4 Å². The van der Waals surface area contributed by atoms with Gasteiger partial charge in [0.2, 0.25) is 0 Å². The van der Waals surface area contributed by atoms with Gasteiger partial charge in [0, 0.05) is 27.4 Å². The monoisotopic (exact) mass is 376 g/mol. The van der Waals surface area contributed by atoms with Gasteiger partial charge >= 0.3 is 0 Å². The van der Waals surface area contributed by atoms with Gasteiger partial charge in [-0.25, -0.2) is 0 Å². The summed E-state index contributed by atoms with van der Waals surface area (Å²) in [4.78, 5) is 38.4. The summed E-state index contributed by atoms with van der Waals surface area (Å²) in [6.07, 6.45) is 0. The molecule has 6 heteroatoms. The van der Waals surface area contributed by atoms with Crippen LogP contribution in [0.3, 0.4) is 0 Å². The molecule has 0 unspecified atom stereocenters. The van der Waals surface area contributed by atoms with Crippen LogP contribution in [0.2, 0.25) is 5.02 Å². The zero-order valence-electron chi connectivity index (χ0n) is 14.0. The highest BCUT2D eigenvalue weighted by Crippen LogP contribution is 2.34. The molecule has 3 aromatic rings. The molecule has 0 aliphatic heterocycles.